The summed E-state index contributed by atoms with van der Waals surface area (Å²) in [5, 5.41) is 11.0. The van der Waals surface area contributed by atoms with Crippen LogP contribution in [0.2, 0.25) is 5.02 Å². The summed E-state index contributed by atoms with van der Waals surface area (Å²) >= 11 is 5.97. The highest BCUT2D eigenvalue weighted by molar-refractivity contribution is 7.89. The number of aryl methyl sites for hydroxylation is 2. The molecule has 3 rings (SSSR count). The molecule has 3 aromatic heterocycles. The summed E-state index contributed by atoms with van der Waals surface area (Å²) in [5.74, 6) is 0.640. The van der Waals surface area contributed by atoms with Crippen LogP contribution in [0.1, 0.15) is 11.3 Å². The van der Waals surface area contributed by atoms with Crippen LogP contribution in [0.25, 0.3) is 16.9 Å². The summed E-state index contributed by atoms with van der Waals surface area (Å²) in [6.45, 7) is 1.85. The molecule has 0 atom stereocenters. The molecule has 23 heavy (non-hydrogen) atoms. The minimum absolute atomic E-state index is 0.134. The maximum absolute atomic E-state index is 11.3. The van der Waals surface area contributed by atoms with E-state index in [0.29, 0.717) is 11.4 Å². The highest BCUT2D eigenvalue weighted by Crippen LogP contribution is 2.25. The summed E-state index contributed by atoms with van der Waals surface area (Å²) in [6, 6.07) is 3.73. The summed E-state index contributed by atoms with van der Waals surface area (Å²) in [7, 11) is -1.73. The molecule has 0 aliphatic rings. The van der Waals surface area contributed by atoms with Gasteiger partial charge in [-0.15, -0.1) is 0 Å². The number of hydrogen-bond acceptors (Lipinski definition) is 4. The standard InChI is InChI=1S/C14H16ClN5O2S/c1-9-12(4-6-23(16,21)22)14(19(2)18-9)20-5-3-10-7-11(15)8-17-13(10)20/h3,5,7-8H,4,6H2,1-2H3,(H2,16,21,22). The lowest BCUT2D eigenvalue weighted by Gasteiger charge is -2.09. The van der Waals surface area contributed by atoms with Crippen molar-refractivity contribution in [2.75, 3.05) is 5.75 Å². The van der Waals surface area contributed by atoms with Gasteiger partial charge in [0.15, 0.2) is 0 Å². The van der Waals surface area contributed by atoms with E-state index in [1.54, 1.807) is 10.9 Å². The van der Waals surface area contributed by atoms with Crippen molar-refractivity contribution in [2.24, 2.45) is 12.2 Å². The van der Waals surface area contributed by atoms with E-state index in [9.17, 15) is 8.42 Å². The van der Waals surface area contributed by atoms with Crippen molar-refractivity contribution in [3.63, 3.8) is 0 Å². The number of pyridine rings is 1. The first kappa shape index (κ1) is 16.0. The third-order valence-electron chi connectivity index (χ3n) is 3.67. The number of hydrogen-bond donors (Lipinski definition) is 1. The number of primary sulfonamides is 1. The van der Waals surface area contributed by atoms with Gasteiger partial charge in [-0.2, -0.15) is 5.10 Å². The van der Waals surface area contributed by atoms with Crippen molar-refractivity contribution < 1.29 is 8.42 Å². The molecule has 7 nitrogen and oxygen atoms in total. The van der Waals surface area contributed by atoms with E-state index in [-0.39, 0.29) is 5.75 Å². The fourth-order valence-corrected chi connectivity index (χ4v) is 3.35. The van der Waals surface area contributed by atoms with Gasteiger partial charge >= 0.3 is 0 Å². The molecule has 3 aromatic rings. The Hall–Kier alpha value is -1.90. The van der Waals surface area contributed by atoms with Crippen LogP contribution in [0.5, 0.6) is 0 Å². The van der Waals surface area contributed by atoms with Crippen molar-refractivity contribution in [3.05, 3.63) is 40.8 Å². The number of fused-ring (bicyclic) bond motifs is 1. The van der Waals surface area contributed by atoms with E-state index in [2.05, 4.69) is 10.1 Å². The van der Waals surface area contributed by atoms with Crippen LogP contribution in [-0.4, -0.2) is 33.5 Å². The summed E-state index contributed by atoms with van der Waals surface area (Å²) in [6.07, 6.45) is 3.74. The molecule has 0 unspecified atom stereocenters. The molecule has 9 heteroatoms. The first-order chi connectivity index (χ1) is 10.8. The fraction of sp³-hybridized carbons (Fsp3) is 0.286. The van der Waals surface area contributed by atoms with Crippen molar-refractivity contribution in [1.82, 2.24) is 19.3 Å². The largest absolute Gasteiger partial charge is 0.285 e. The molecule has 0 radical (unpaired) electrons. The molecular formula is C14H16ClN5O2S. The smallest absolute Gasteiger partial charge is 0.209 e. The van der Waals surface area contributed by atoms with Gasteiger partial charge < -0.3 is 0 Å². The van der Waals surface area contributed by atoms with Crippen molar-refractivity contribution in [3.8, 4) is 5.82 Å². The molecule has 0 aliphatic heterocycles. The molecule has 0 saturated heterocycles. The van der Waals surface area contributed by atoms with Crippen LogP contribution in [0.4, 0.5) is 0 Å². The van der Waals surface area contributed by atoms with Gasteiger partial charge in [-0.25, -0.2) is 18.5 Å². The van der Waals surface area contributed by atoms with Gasteiger partial charge in [-0.3, -0.25) is 9.25 Å². The second-order valence-electron chi connectivity index (χ2n) is 5.38. The Morgan fingerprint density at radius 1 is 1.39 bits per heavy atom. The number of sulfonamides is 1. The normalized spacial score (nSPS) is 12.2. The van der Waals surface area contributed by atoms with Crippen LogP contribution >= 0.6 is 11.6 Å². The minimum atomic E-state index is -3.54. The first-order valence-electron chi connectivity index (χ1n) is 6.92. The quantitative estimate of drug-likeness (QED) is 0.769. The fourth-order valence-electron chi connectivity index (χ4n) is 2.70. The van der Waals surface area contributed by atoms with Crippen molar-refractivity contribution in [1.29, 1.82) is 0 Å². The van der Waals surface area contributed by atoms with E-state index >= 15 is 0 Å². The molecule has 0 amide bonds. The van der Waals surface area contributed by atoms with Gasteiger partial charge in [0.1, 0.15) is 11.5 Å². The third kappa shape index (κ3) is 3.10. The van der Waals surface area contributed by atoms with Gasteiger partial charge in [0, 0.05) is 30.4 Å². The van der Waals surface area contributed by atoms with Gasteiger partial charge in [0.25, 0.3) is 0 Å². The molecule has 0 aliphatic carbocycles. The Morgan fingerprint density at radius 2 is 2.13 bits per heavy atom. The number of aromatic nitrogens is 4. The zero-order valence-corrected chi connectivity index (χ0v) is 14.3. The van der Waals surface area contributed by atoms with Gasteiger partial charge in [-0.05, 0) is 25.5 Å². The Kier molecular flexibility index (Phi) is 3.91. The Balaban J connectivity index is 2.15. The monoisotopic (exact) mass is 353 g/mol. The van der Waals surface area contributed by atoms with Crippen molar-refractivity contribution in [2.45, 2.75) is 13.3 Å². The molecule has 0 spiro atoms. The van der Waals surface area contributed by atoms with Crippen LogP contribution in [0.15, 0.2) is 24.5 Å². The van der Waals surface area contributed by atoms with Crippen LogP contribution in [0, 0.1) is 6.92 Å². The highest BCUT2D eigenvalue weighted by Gasteiger charge is 2.18. The molecule has 2 N–H and O–H groups in total. The second kappa shape index (κ2) is 5.63. The van der Waals surface area contributed by atoms with E-state index in [0.717, 1.165) is 28.1 Å². The molecule has 0 bridgehead atoms. The lowest BCUT2D eigenvalue weighted by Crippen LogP contribution is -2.18. The van der Waals surface area contributed by atoms with Gasteiger partial charge in [0.05, 0.1) is 16.5 Å². The minimum Gasteiger partial charge on any atom is -0.285 e. The third-order valence-corrected chi connectivity index (χ3v) is 4.65. The molecule has 122 valence electrons. The first-order valence-corrected chi connectivity index (χ1v) is 9.01. The zero-order valence-electron chi connectivity index (χ0n) is 12.7. The zero-order chi connectivity index (χ0) is 16.8. The summed E-state index contributed by atoms with van der Waals surface area (Å²) in [5.41, 5.74) is 2.33. The van der Waals surface area contributed by atoms with Crippen molar-refractivity contribution >= 4 is 32.7 Å². The number of nitrogens with zero attached hydrogens (tertiary/aromatic N) is 4. The van der Waals surface area contributed by atoms with E-state index in [4.69, 9.17) is 16.7 Å². The summed E-state index contributed by atoms with van der Waals surface area (Å²) < 4.78 is 26.2. The highest BCUT2D eigenvalue weighted by atomic mass is 35.5. The van der Waals surface area contributed by atoms with Crippen LogP contribution in [-0.2, 0) is 23.5 Å². The predicted octanol–water partition coefficient (Wildman–Crippen LogP) is 1.55. The number of nitrogens with two attached hydrogens (primary N) is 1. The van der Waals surface area contributed by atoms with Crippen LogP contribution in [0.3, 0.4) is 0 Å². The average Bonchev–Trinajstić information content (AvgIpc) is 2.95. The molecular weight excluding hydrogens is 338 g/mol. The van der Waals surface area contributed by atoms with E-state index < -0.39 is 10.0 Å². The SMILES string of the molecule is Cc1nn(C)c(-n2ccc3cc(Cl)cnc32)c1CCS(N)(=O)=O. The Labute approximate surface area is 138 Å². The maximum atomic E-state index is 11.3. The Morgan fingerprint density at radius 3 is 2.83 bits per heavy atom. The molecule has 3 heterocycles. The number of rotatable bonds is 4. The second-order valence-corrected chi connectivity index (χ2v) is 7.55. The lowest BCUT2D eigenvalue weighted by molar-refractivity contribution is 0.597. The molecule has 0 aromatic carbocycles. The summed E-state index contributed by atoms with van der Waals surface area (Å²) in [4.78, 5) is 4.36. The van der Waals surface area contributed by atoms with E-state index in [1.807, 2.05) is 36.9 Å². The Bertz CT molecular complexity index is 990. The molecule has 0 fully saturated rings. The van der Waals surface area contributed by atoms with E-state index in [1.165, 1.54) is 0 Å². The van der Waals surface area contributed by atoms with Gasteiger partial charge in [-0.1, -0.05) is 11.6 Å². The maximum Gasteiger partial charge on any atom is 0.209 e. The van der Waals surface area contributed by atoms with Gasteiger partial charge in [0.2, 0.25) is 10.0 Å². The molecule has 0 saturated carbocycles. The topological polar surface area (TPSA) is 95.8 Å². The predicted molar refractivity (Wildman–Crippen MR) is 89.3 cm³/mol. The van der Waals surface area contributed by atoms with Crippen LogP contribution < -0.4 is 5.14 Å². The lowest BCUT2D eigenvalue weighted by atomic mass is 10.2. The average molecular weight is 354 g/mol. The number of halogens is 1.